The van der Waals surface area contributed by atoms with E-state index in [0.717, 1.165) is 0 Å². The number of aliphatic hydroxyl groups is 1. The van der Waals surface area contributed by atoms with E-state index in [4.69, 9.17) is 0 Å². The number of amides is 3. The molecule has 2 heterocycles. The lowest BCUT2D eigenvalue weighted by Crippen LogP contribution is -2.53. The predicted octanol–water partition coefficient (Wildman–Crippen LogP) is 1.29. The van der Waals surface area contributed by atoms with Crippen LogP contribution in [0.4, 0.5) is 26.3 Å². The summed E-state index contributed by atoms with van der Waals surface area (Å²) in [4.78, 5) is 50.6. The Balaban J connectivity index is 2.24. The molecule has 0 saturated carbocycles. The van der Waals surface area contributed by atoms with Crippen molar-refractivity contribution in [3.8, 4) is 0 Å². The van der Waals surface area contributed by atoms with Crippen molar-refractivity contribution in [2.24, 2.45) is 17.8 Å². The summed E-state index contributed by atoms with van der Waals surface area (Å²) in [5, 5.41) is 14.7. The summed E-state index contributed by atoms with van der Waals surface area (Å²) < 4.78 is 81.0. The highest BCUT2D eigenvalue weighted by atomic mass is 19.4. The van der Waals surface area contributed by atoms with Gasteiger partial charge in [-0.2, -0.15) is 13.2 Å². The van der Waals surface area contributed by atoms with Gasteiger partial charge in [0, 0.05) is 19.0 Å². The highest BCUT2D eigenvalue weighted by molar-refractivity contribution is 5.94. The minimum Gasteiger partial charge on any atom is -0.383 e. The zero-order chi connectivity index (χ0) is 27.4. The average molecular weight is 533 g/mol. The number of Topliss-reactive ketones (excluding diaryl/α,β-unsaturated/α-hetero) is 1. The fourth-order valence-electron chi connectivity index (χ4n) is 4.25. The van der Waals surface area contributed by atoms with E-state index in [2.05, 4.69) is 15.4 Å². The number of nitrogens with one attached hydrogen (secondary N) is 2. The van der Waals surface area contributed by atoms with Crippen LogP contribution in [0.1, 0.15) is 39.5 Å². The highest BCUT2D eigenvalue weighted by Crippen LogP contribution is 2.37. The van der Waals surface area contributed by atoms with Gasteiger partial charge in [0.1, 0.15) is 18.8 Å². The Labute approximate surface area is 202 Å². The molecule has 206 valence electrons. The highest BCUT2D eigenvalue weighted by Gasteiger charge is 2.52. The second kappa shape index (κ2) is 11.8. The van der Waals surface area contributed by atoms with Crippen LogP contribution in [0, 0.1) is 17.8 Å². The third kappa shape index (κ3) is 8.32. The quantitative estimate of drug-likeness (QED) is 0.364. The number of carbonyl (C=O) groups excluding carboxylic acids is 4. The van der Waals surface area contributed by atoms with E-state index < -0.39 is 92.1 Å². The zero-order valence-corrected chi connectivity index (χ0v) is 19.6. The maximum absolute atomic E-state index is 13.4. The zero-order valence-electron chi connectivity index (χ0n) is 19.6. The number of likely N-dealkylation sites (tertiary alicyclic amines) is 1. The summed E-state index contributed by atoms with van der Waals surface area (Å²) in [6.45, 7) is 1.18. The SMILES string of the molecule is CC(C)C[C@@H](O)C(=O)N1C[C@H](C(F)(F)F)C[C@H]1C(=O)NC(CC1CCNC1=O)C(=O)COC(F)(F)F. The molecule has 3 N–H and O–H groups in total. The normalized spacial score (nSPS) is 24.6. The molecule has 2 fully saturated rings. The fraction of sp³-hybridized carbons (Fsp3) is 0.810. The Bertz CT molecular complexity index is 834. The minimum atomic E-state index is -5.16. The van der Waals surface area contributed by atoms with E-state index in [1.165, 1.54) is 0 Å². The first-order valence-electron chi connectivity index (χ1n) is 11.4. The van der Waals surface area contributed by atoms with E-state index in [9.17, 15) is 50.6 Å². The number of halogens is 6. The lowest BCUT2D eigenvalue weighted by molar-refractivity contribution is -0.321. The summed E-state index contributed by atoms with van der Waals surface area (Å²) in [7, 11) is 0. The Morgan fingerprint density at radius 1 is 1.19 bits per heavy atom. The second-order valence-corrected chi connectivity index (χ2v) is 9.40. The molecular weight excluding hydrogens is 504 g/mol. The van der Waals surface area contributed by atoms with Crippen LogP contribution in [0.15, 0.2) is 0 Å². The molecule has 0 aromatic rings. The molecule has 0 radical (unpaired) electrons. The van der Waals surface area contributed by atoms with E-state index in [-0.39, 0.29) is 25.3 Å². The Kier molecular flexibility index (Phi) is 9.73. The average Bonchev–Trinajstić information content (AvgIpc) is 3.36. The van der Waals surface area contributed by atoms with Crippen molar-refractivity contribution in [1.29, 1.82) is 0 Å². The Morgan fingerprint density at radius 2 is 1.83 bits per heavy atom. The summed E-state index contributed by atoms with van der Waals surface area (Å²) in [6, 6.07) is -3.42. The first-order valence-corrected chi connectivity index (χ1v) is 11.4. The number of carbonyl (C=O) groups is 4. The molecule has 2 aliphatic rings. The van der Waals surface area contributed by atoms with Crippen molar-refractivity contribution in [2.75, 3.05) is 19.7 Å². The van der Waals surface area contributed by atoms with Crippen LogP contribution in [-0.4, -0.2) is 83.9 Å². The van der Waals surface area contributed by atoms with Gasteiger partial charge < -0.3 is 20.6 Å². The molecule has 0 spiro atoms. The first-order chi connectivity index (χ1) is 16.5. The second-order valence-electron chi connectivity index (χ2n) is 9.40. The van der Waals surface area contributed by atoms with Gasteiger partial charge >= 0.3 is 12.5 Å². The summed E-state index contributed by atoms with van der Waals surface area (Å²) in [6.07, 6.45) is -12.7. The van der Waals surface area contributed by atoms with Crippen LogP contribution < -0.4 is 10.6 Å². The van der Waals surface area contributed by atoms with Crippen molar-refractivity contribution in [2.45, 2.75) is 70.3 Å². The number of aliphatic hydroxyl groups excluding tert-OH is 1. The number of hydrogen-bond acceptors (Lipinski definition) is 6. The van der Waals surface area contributed by atoms with Gasteiger partial charge in [0.25, 0.3) is 5.91 Å². The van der Waals surface area contributed by atoms with Crippen LogP contribution in [0.3, 0.4) is 0 Å². The van der Waals surface area contributed by atoms with Crippen molar-refractivity contribution in [3.63, 3.8) is 0 Å². The number of nitrogens with zero attached hydrogens (tertiary/aromatic N) is 1. The molecule has 5 atom stereocenters. The Hall–Kier alpha value is -2.42. The van der Waals surface area contributed by atoms with Crippen LogP contribution in [-0.2, 0) is 23.9 Å². The number of rotatable bonds is 10. The van der Waals surface area contributed by atoms with Crippen LogP contribution >= 0.6 is 0 Å². The van der Waals surface area contributed by atoms with Crippen LogP contribution in [0.25, 0.3) is 0 Å². The molecular formula is C21H29F6N3O6. The molecule has 0 aromatic heterocycles. The smallest absolute Gasteiger partial charge is 0.383 e. The number of ketones is 1. The maximum atomic E-state index is 13.4. The molecule has 36 heavy (non-hydrogen) atoms. The molecule has 2 rings (SSSR count). The maximum Gasteiger partial charge on any atom is 0.522 e. The predicted molar refractivity (Wildman–Crippen MR) is 110 cm³/mol. The molecule has 9 nitrogen and oxygen atoms in total. The molecule has 2 unspecified atom stereocenters. The summed E-state index contributed by atoms with van der Waals surface area (Å²) in [5.41, 5.74) is 0. The standard InChI is InChI=1S/C21H29F6N3O6/c1-10(2)5-15(31)19(35)30-8-12(20(22,23)24)7-14(30)18(34)29-13(6-11-3-4-28-17(11)33)16(32)9-36-21(25,26)27/h10-15,31H,3-9H2,1-2H3,(H,28,33)(H,29,34)/t11?,12-,13?,14+,15-/m1/s1. The fourth-order valence-corrected chi connectivity index (χ4v) is 4.25. The van der Waals surface area contributed by atoms with Crippen LogP contribution in [0.5, 0.6) is 0 Å². The minimum absolute atomic E-state index is 0.0763. The summed E-state index contributed by atoms with van der Waals surface area (Å²) in [5.74, 6) is -7.17. The van der Waals surface area contributed by atoms with Crippen molar-refractivity contribution in [3.05, 3.63) is 0 Å². The van der Waals surface area contributed by atoms with Gasteiger partial charge in [-0.15, -0.1) is 13.2 Å². The molecule has 15 heteroatoms. The molecule has 3 amide bonds. The molecule has 2 aliphatic heterocycles. The molecule has 0 bridgehead atoms. The van der Waals surface area contributed by atoms with E-state index in [1.807, 2.05) is 0 Å². The third-order valence-electron chi connectivity index (χ3n) is 6.10. The van der Waals surface area contributed by atoms with E-state index in [1.54, 1.807) is 13.8 Å². The van der Waals surface area contributed by atoms with Crippen molar-refractivity contribution in [1.82, 2.24) is 15.5 Å². The Morgan fingerprint density at radius 3 is 2.33 bits per heavy atom. The number of hydrogen-bond donors (Lipinski definition) is 3. The van der Waals surface area contributed by atoms with Gasteiger partial charge in [-0.1, -0.05) is 13.8 Å². The van der Waals surface area contributed by atoms with E-state index in [0.29, 0.717) is 4.90 Å². The lowest BCUT2D eigenvalue weighted by Gasteiger charge is -2.28. The lowest BCUT2D eigenvalue weighted by atomic mass is 9.95. The molecule has 2 saturated heterocycles. The van der Waals surface area contributed by atoms with Gasteiger partial charge in [-0.05, 0) is 31.6 Å². The van der Waals surface area contributed by atoms with Crippen LogP contribution in [0.2, 0.25) is 0 Å². The largest absolute Gasteiger partial charge is 0.522 e. The molecule has 0 aromatic carbocycles. The monoisotopic (exact) mass is 533 g/mol. The first kappa shape index (κ1) is 29.8. The summed E-state index contributed by atoms with van der Waals surface area (Å²) >= 11 is 0. The number of ether oxygens (including phenoxy) is 1. The topological polar surface area (TPSA) is 125 Å². The van der Waals surface area contributed by atoms with E-state index >= 15 is 0 Å². The van der Waals surface area contributed by atoms with Gasteiger partial charge in [-0.3, -0.25) is 23.9 Å². The van der Waals surface area contributed by atoms with Gasteiger partial charge in [0.2, 0.25) is 11.8 Å². The van der Waals surface area contributed by atoms with Gasteiger partial charge in [0.15, 0.2) is 5.78 Å². The van der Waals surface area contributed by atoms with Crippen molar-refractivity contribution < 1.29 is 55.4 Å². The third-order valence-corrected chi connectivity index (χ3v) is 6.10. The van der Waals surface area contributed by atoms with Gasteiger partial charge in [-0.25, -0.2) is 0 Å². The van der Waals surface area contributed by atoms with Crippen molar-refractivity contribution >= 4 is 23.5 Å². The number of alkyl halides is 6. The van der Waals surface area contributed by atoms with Gasteiger partial charge in [0.05, 0.1) is 12.0 Å². The molecule has 0 aliphatic carbocycles.